The lowest BCUT2D eigenvalue weighted by Gasteiger charge is -2.32. The summed E-state index contributed by atoms with van der Waals surface area (Å²) in [6.45, 7) is 3.15. The second kappa shape index (κ2) is 4.80. The third-order valence-electron chi connectivity index (χ3n) is 3.47. The molecule has 1 aromatic rings. The van der Waals surface area contributed by atoms with Crippen LogP contribution in [0.5, 0.6) is 0 Å². The Morgan fingerprint density at radius 2 is 1.93 bits per heavy atom. The van der Waals surface area contributed by atoms with E-state index in [0.717, 1.165) is 13.0 Å². The molecular weight excluding hydrogens is 184 g/mol. The second-order valence-corrected chi connectivity index (χ2v) is 4.37. The van der Waals surface area contributed by atoms with Crippen molar-refractivity contribution < 1.29 is 4.74 Å². The van der Waals surface area contributed by atoms with E-state index in [1.165, 1.54) is 31.2 Å². The summed E-state index contributed by atoms with van der Waals surface area (Å²) >= 11 is 0. The molecule has 0 saturated carbocycles. The summed E-state index contributed by atoms with van der Waals surface area (Å²) in [6, 6.07) is 10.7. The molecule has 0 aliphatic carbocycles. The molecule has 1 nitrogen and oxygen atoms in total. The van der Waals surface area contributed by atoms with Crippen LogP contribution in [0.4, 0.5) is 0 Å². The molecule has 15 heavy (non-hydrogen) atoms. The van der Waals surface area contributed by atoms with Crippen LogP contribution in [0.15, 0.2) is 30.3 Å². The normalized spacial score (nSPS) is 27.3. The van der Waals surface area contributed by atoms with Crippen molar-refractivity contribution in [2.45, 2.75) is 44.6 Å². The lowest BCUT2D eigenvalue weighted by molar-refractivity contribution is -0.0508. The summed E-state index contributed by atoms with van der Waals surface area (Å²) in [7, 11) is 0. The van der Waals surface area contributed by atoms with Gasteiger partial charge in [0, 0.05) is 6.61 Å². The minimum Gasteiger partial charge on any atom is -0.370 e. The largest absolute Gasteiger partial charge is 0.370 e. The summed E-state index contributed by atoms with van der Waals surface area (Å²) in [5.41, 5.74) is 1.35. The highest BCUT2D eigenvalue weighted by atomic mass is 16.5. The molecule has 1 aromatic carbocycles. The summed E-state index contributed by atoms with van der Waals surface area (Å²) < 4.78 is 6.13. The van der Waals surface area contributed by atoms with Crippen molar-refractivity contribution in [3.63, 3.8) is 0 Å². The molecule has 2 rings (SSSR count). The molecule has 1 saturated heterocycles. The maximum absolute atomic E-state index is 6.13. The van der Waals surface area contributed by atoms with Gasteiger partial charge in [0.1, 0.15) is 0 Å². The van der Waals surface area contributed by atoms with Gasteiger partial charge in [0.05, 0.1) is 5.60 Å². The molecule has 0 radical (unpaired) electrons. The number of hydrogen-bond donors (Lipinski definition) is 0. The van der Waals surface area contributed by atoms with Crippen molar-refractivity contribution in [1.29, 1.82) is 0 Å². The predicted molar refractivity (Wildman–Crippen MR) is 62.8 cm³/mol. The Bertz CT molecular complexity index is 283. The van der Waals surface area contributed by atoms with Gasteiger partial charge in [0.15, 0.2) is 0 Å². The number of ether oxygens (including phenoxy) is 1. The molecule has 1 heterocycles. The van der Waals surface area contributed by atoms with Crippen LogP contribution in [0.2, 0.25) is 0 Å². The van der Waals surface area contributed by atoms with Gasteiger partial charge in [-0.3, -0.25) is 0 Å². The molecule has 82 valence electrons. The van der Waals surface area contributed by atoms with Gasteiger partial charge in [0.2, 0.25) is 0 Å². The Morgan fingerprint density at radius 3 is 2.67 bits per heavy atom. The van der Waals surface area contributed by atoms with Crippen molar-refractivity contribution in [3.8, 4) is 0 Å². The van der Waals surface area contributed by atoms with Gasteiger partial charge in [-0.05, 0) is 24.8 Å². The average molecular weight is 204 g/mol. The first kappa shape index (κ1) is 10.7. The first-order valence-corrected chi connectivity index (χ1v) is 6.07. The van der Waals surface area contributed by atoms with Crippen LogP contribution >= 0.6 is 0 Å². The summed E-state index contributed by atoms with van der Waals surface area (Å²) in [5.74, 6) is 0. The summed E-state index contributed by atoms with van der Waals surface area (Å²) in [5, 5.41) is 0. The first-order valence-electron chi connectivity index (χ1n) is 6.07. The van der Waals surface area contributed by atoms with E-state index >= 15 is 0 Å². The van der Waals surface area contributed by atoms with E-state index in [2.05, 4.69) is 37.3 Å². The zero-order valence-corrected chi connectivity index (χ0v) is 9.54. The van der Waals surface area contributed by atoms with Crippen molar-refractivity contribution in [1.82, 2.24) is 0 Å². The van der Waals surface area contributed by atoms with Crippen LogP contribution < -0.4 is 0 Å². The zero-order valence-electron chi connectivity index (χ0n) is 9.54. The van der Waals surface area contributed by atoms with E-state index in [9.17, 15) is 0 Å². The lowest BCUT2D eigenvalue weighted by Crippen LogP contribution is -2.28. The van der Waals surface area contributed by atoms with E-state index in [1.807, 2.05) is 0 Å². The SMILES string of the molecule is CCC1(c2ccccc2)CCCCCO1. The van der Waals surface area contributed by atoms with Crippen LogP contribution in [0.3, 0.4) is 0 Å². The van der Waals surface area contributed by atoms with Gasteiger partial charge in [0.25, 0.3) is 0 Å². The first-order chi connectivity index (χ1) is 7.37. The fraction of sp³-hybridized carbons (Fsp3) is 0.571. The van der Waals surface area contributed by atoms with Gasteiger partial charge in [-0.2, -0.15) is 0 Å². The maximum Gasteiger partial charge on any atom is 0.0928 e. The Morgan fingerprint density at radius 1 is 1.13 bits per heavy atom. The highest BCUT2D eigenvalue weighted by Crippen LogP contribution is 2.36. The molecule has 1 unspecified atom stereocenters. The standard InChI is InChI=1S/C14H20O/c1-2-14(11-7-4-8-12-15-14)13-9-5-3-6-10-13/h3,5-6,9-10H,2,4,7-8,11-12H2,1H3. The molecule has 1 aliphatic heterocycles. The van der Waals surface area contributed by atoms with E-state index in [0.29, 0.717) is 0 Å². The van der Waals surface area contributed by atoms with E-state index in [-0.39, 0.29) is 5.60 Å². The minimum atomic E-state index is -0.00222. The van der Waals surface area contributed by atoms with Crippen LogP contribution in [0, 0.1) is 0 Å². The minimum absolute atomic E-state index is 0.00222. The Hall–Kier alpha value is -0.820. The zero-order chi connectivity index (χ0) is 10.6. The van der Waals surface area contributed by atoms with Gasteiger partial charge in [-0.25, -0.2) is 0 Å². The quantitative estimate of drug-likeness (QED) is 0.710. The molecule has 1 aliphatic rings. The number of hydrogen-bond acceptors (Lipinski definition) is 1. The predicted octanol–water partition coefficient (Wildman–Crippen LogP) is 3.88. The smallest absolute Gasteiger partial charge is 0.0928 e. The van der Waals surface area contributed by atoms with Gasteiger partial charge in [-0.1, -0.05) is 50.1 Å². The fourth-order valence-electron chi connectivity index (χ4n) is 2.48. The Labute approximate surface area is 92.5 Å². The van der Waals surface area contributed by atoms with Crippen LogP contribution in [0.25, 0.3) is 0 Å². The monoisotopic (exact) mass is 204 g/mol. The molecule has 0 spiro atoms. The van der Waals surface area contributed by atoms with Crippen molar-refractivity contribution in [2.24, 2.45) is 0 Å². The molecule has 1 heteroatoms. The van der Waals surface area contributed by atoms with Crippen molar-refractivity contribution in [3.05, 3.63) is 35.9 Å². The van der Waals surface area contributed by atoms with Gasteiger partial charge in [-0.15, -0.1) is 0 Å². The molecule has 1 atom stereocenters. The third kappa shape index (κ3) is 2.23. The summed E-state index contributed by atoms with van der Waals surface area (Å²) in [6.07, 6.45) is 6.08. The summed E-state index contributed by atoms with van der Waals surface area (Å²) in [4.78, 5) is 0. The van der Waals surface area contributed by atoms with Crippen LogP contribution in [-0.4, -0.2) is 6.61 Å². The topological polar surface area (TPSA) is 9.23 Å². The Balaban J connectivity index is 2.27. The van der Waals surface area contributed by atoms with Crippen molar-refractivity contribution in [2.75, 3.05) is 6.61 Å². The molecule has 0 amide bonds. The average Bonchev–Trinajstić information content (AvgIpc) is 2.56. The highest BCUT2D eigenvalue weighted by Gasteiger charge is 2.31. The van der Waals surface area contributed by atoms with Crippen LogP contribution in [0.1, 0.15) is 44.6 Å². The highest BCUT2D eigenvalue weighted by molar-refractivity contribution is 5.22. The second-order valence-electron chi connectivity index (χ2n) is 4.37. The molecule has 1 fully saturated rings. The maximum atomic E-state index is 6.13. The molecular formula is C14H20O. The number of rotatable bonds is 2. The van der Waals surface area contributed by atoms with E-state index in [4.69, 9.17) is 4.74 Å². The number of benzene rings is 1. The fourth-order valence-corrected chi connectivity index (χ4v) is 2.48. The van der Waals surface area contributed by atoms with Gasteiger partial charge < -0.3 is 4.74 Å². The third-order valence-corrected chi connectivity index (χ3v) is 3.47. The molecule has 0 bridgehead atoms. The van der Waals surface area contributed by atoms with Gasteiger partial charge >= 0.3 is 0 Å². The van der Waals surface area contributed by atoms with Crippen LogP contribution in [-0.2, 0) is 10.3 Å². The van der Waals surface area contributed by atoms with E-state index in [1.54, 1.807) is 0 Å². The Kier molecular flexibility index (Phi) is 3.42. The van der Waals surface area contributed by atoms with Crippen molar-refractivity contribution >= 4 is 0 Å². The molecule has 0 aromatic heterocycles. The molecule has 0 N–H and O–H groups in total. The lowest BCUT2D eigenvalue weighted by atomic mass is 9.86. The van der Waals surface area contributed by atoms with E-state index < -0.39 is 0 Å².